The Hall–Kier alpha value is -3.36. The predicted molar refractivity (Wildman–Crippen MR) is 138 cm³/mol. The zero-order chi connectivity index (χ0) is 28.3. The van der Waals surface area contributed by atoms with E-state index in [1.807, 2.05) is 4.90 Å². The maximum atomic E-state index is 12.8. The number of hydrogen-bond acceptors (Lipinski definition) is 9. The number of fused-ring (bicyclic) bond motifs is 1. The highest BCUT2D eigenvalue weighted by atomic mass is 32.2. The van der Waals surface area contributed by atoms with Gasteiger partial charge in [-0.2, -0.15) is 0 Å². The molecule has 1 saturated carbocycles. The summed E-state index contributed by atoms with van der Waals surface area (Å²) >= 11 is 0. The minimum Gasteiger partial charge on any atom is -0.463 e. The Labute approximate surface area is 227 Å². The Morgan fingerprint density at radius 2 is 1.97 bits per heavy atom. The molecule has 1 aromatic rings. The van der Waals surface area contributed by atoms with Gasteiger partial charge in [0.2, 0.25) is 0 Å². The standard InChI is InChI=1S/C26H32N4O8S/c1-25(23(32)27-34,39(2,35)36)9-10-29-17-21-15-20(16-30(21)24(29)33)5-3-4-6-26(7-8-26)19-38-22(31)18-28-11-13-37-14-12-28/h15-16,34H,7-14,17-19H2,1-2H3,(H,27,32)/t25-/m1/s1. The fourth-order valence-corrected chi connectivity index (χ4v) is 5.17. The molecular weight excluding hydrogens is 528 g/mol. The largest absolute Gasteiger partial charge is 0.463 e. The van der Waals surface area contributed by atoms with Crippen molar-refractivity contribution >= 4 is 27.7 Å². The first kappa shape index (κ1) is 28.6. The van der Waals surface area contributed by atoms with Crippen molar-refractivity contribution in [1.82, 2.24) is 19.8 Å². The molecule has 12 nitrogen and oxygen atoms in total. The van der Waals surface area contributed by atoms with E-state index in [1.165, 1.54) is 21.9 Å². The topological polar surface area (TPSA) is 147 Å². The van der Waals surface area contributed by atoms with Gasteiger partial charge in [0.05, 0.1) is 31.7 Å². The lowest BCUT2D eigenvalue weighted by Gasteiger charge is -2.27. The molecule has 2 N–H and O–H groups in total. The Balaban J connectivity index is 1.29. The monoisotopic (exact) mass is 560 g/mol. The molecule has 1 saturated heterocycles. The second-order valence-corrected chi connectivity index (χ2v) is 12.8. The van der Waals surface area contributed by atoms with Crippen molar-refractivity contribution in [1.29, 1.82) is 0 Å². The number of morpholine rings is 1. The Kier molecular flexibility index (Phi) is 8.37. The number of carbonyl (C=O) groups excluding carboxylic acids is 3. The van der Waals surface area contributed by atoms with E-state index in [0.717, 1.165) is 19.1 Å². The van der Waals surface area contributed by atoms with Crippen LogP contribution in [0.25, 0.3) is 0 Å². The molecule has 0 spiro atoms. The molecule has 4 rings (SSSR count). The number of sulfone groups is 1. The average molecular weight is 561 g/mol. The first-order chi connectivity index (χ1) is 18.5. The van der Waals surface area contributed by atoms with Crippen molar-refractivity contribution in [2.45, 2.75) is 37.5 Å². The van der Waals surface area contributed by atoms with Crippen molar-refractivity contribution < 1.29 is 37.5 Å². The second-order valence-electron chi connectivity index (χ2n) is 10.3. The molecule has 0 radical (unpaired) electrons. The van der Waals surface area contributed by atoms with Gasteiger partial charge in [-0.15, -0.1) is 0 Å². The molecular formula is C26H32N4O8S. The number of aromatic nitrogens is 1. The molecule has 1 atom stereocenters. The van der Waals surface area contributed by atoms with Crippen molar-refractivity contribution in [2.75, 3.05) is 52.3 Å². The third-order valence-corrected chi connectivity index (χ3v) is 9.43. The summed E-state index contributed by atoms with van der Waals surface area (Å²) in [5, 5.41) is 8.96. The summed E-state index contributed by atoms with van der Waals surface area (Å²) in [7, 11) is -3.86. The van der Waals surface area contributed by atoms with Crippen LogP contribution in [0.2, 0.25) is 0 Å². The van der Waals surface area contributed by atoms with E-state index in [2.05, 4.69) is 23.7 Å². The molecule has 3 heterocycles. The molecule has 0 aromatic carbocycles. The first-order valence-corrected chi connectivity index (χ1v) is 14.5. The molecule has 2 aliphatic heterocycles. The Morgan fingerprint density at radius 3 is 2.59 bits per heavy atom. The molecule has 3 aliphatic rings. The molecule has 1 aromatic heterocycles. The van der Waals surface area contributed by atoms with Crippen molar-refractivity contribution in [3.05, 3.63) is 23.5 Å². The number of ether oxygens (including phenoxy) is 2. The lowest BCUT2D eigenvalue weighted by molar-refractivity contribution is -0.147. The van der Waals surface area contributed by atoms with Crippen LogP contribution in [0.5, 0.6) is 0 Å². The van der Waals surface area contributed by atoms with E-state index in [-0.39, 0.29) is 50.1 Å². The van der Waals surface area contributed by atoms with Crippen LogP contribution in [0.1, 0.15) is 37.4 Å². The van der Waals surface area contributed by atoms with Gasteiger partial charge in [-0.05, 0) is 44.1 Å². The number of nitrogens with one attached hydrogen (secondary N) is 1. The van der Waals surface area contributed by atoms with Gasteiger partial charge in [-0.25, -0.2) is 18.7 Å². The molecule has 2 amide bonds. The summed E-state index contributed by atoms with van der Waals surface area (Å²) in [6.45, 7) is 4.61. The third-order valence-electron chi connectivity index (χ3n) is 7.40. The lowest BCUT2D eigenvalue weighted by Crippen LogP contribution is -2.50. The maximum Gasteiger partial charge on any atom is 0.328 e. The Morgan fingerprint density at radius 1 is 1.26 bits per heavy atom. The molecule has 39 heavy (non-hydrogen) atoms. The maximum absolute atomic E-state index is 12.8. The van der Waals surface area contributed by atoms with Crippen LogP contribution in [0.4, 0.5) is 4.79 Å². The highest BCUT2D eigenvalue weighted by molar-refractivity contribution is 7.92. The van der Waals surface area contributed by atoms with E-state index in [0.29, 0.717) is 37.6 Å². The average Bonchev–Trinajstić information content (AvgIpc) is 3.47. The van der Waals surface area contributed by atoms with Crippen molar-refractivity contribution in [3.63, 3.8) is 0 Å². The number of carbonyl (C=O) groups is 3. The van der Waals surface area contributed by atoms with Gasteiger partial charge >= 0.3 is 12.0 Å². The normalized spacial score (nSPS) is 19.6. The minimum absolute atomic E-state index is 0.00307. The van der Waals surface area contributed by atoms with E-state index < -0.39 is 20.5 Å². The van der Waals surface area contributed by atoms with Crippen LogP contribution in [-0.2, 0) is 35.4 Å². The molecule has 0 unspecified atom stereocenters. The number of hydroxylamine groups is 1. The number of nitrogens with zero attached hydrogens (tertiary/aromatic N) is 3. The van der Waals surface area contributed by atoms with Crippen LogP contribution in [0.3, 0.4) is 0 Å². The van der Waals surface area contributed by atoms with Gasteiger partial charge in [0.1, 0.15) is 6.61 Å². The van der Waals surface area contributed by atoms with Crippen molar-refractivity contribution in [2.24, 2.45) is 5.41 Å². The van der Waals surface area contributed by atoms with E-state index in [9.17, 15) is 22.8 Å². The summed E-state index contributed by atoms with van der Waals surface area (Å²) in [4.78, 5) is 40.4. The predicted octanol–water partition coefficient (Wildman–Crippen LogP) is -0.0189. The van der Waals surface area contributed by atoms with Gasteiger partial charge in [0.25, 0.3) is 5.91 Å². The molecule has 1 aliphatic carbocycles. The molecule has 2 fully saturated rings. The van der Waals surface area contributed by atoms with Crippen LogP contribution in [-0.4, -0.2) is 103 Å². The number of rotatable bonds is 9. The first-order valence-electron chi connectivity index (χ1n) is 12.6. The summed E-state index contributed by atoms with van der Waals surface area (Å²) in [5.41, 5.74) is 2.34. The van der Waals surface area contributed by atoms with E-state index >= 15 is 0 Å². The van der Waals surface area contributed by atoms with E-state index in [1.54, 1.807) is 12.3 Å². The summed E-state index contributed by atoms with van der Waals surface area (Å²) < 4.78 is 34.6. The van der Waals surface area contributed by atoms with Gasteiger partial charge in [-0.1, -0.05) is 11.8 Å². The quantitative estimate of drug-likeness (QED) is 0.184. The van der Waals surface area contributed by atoms with Crippen LogP contribution in [0.15, 0.2) is 12.3 Å². The smallest absolute Gasteiger partial charge is 0.328 e. The molecule has 13 heteroatoms. The zero-order valence-corrected chi connectivity index (χ0v) is 22.8. The zero-order valence-electron chi connectivity index (χ0n) is 22.0. The molecule has 210 valence electrons. The van der Waals surface area contributed by atoms with Crippen molar-refractivity contribution in [3.8, 4) is 23.7 Å². The summed E-state index contributed by atoms with van der Waals surface area (Å²) in [6, 6.07) is 1.39. The summed E-state index contributed by atoms with van der Waals surface area (Å²) in [5.74, 6) is 10.4. The number of hydrogen-bond donors (Lipinski definition) is 2. The van der Waals surface area contributed by atoms with Gasteiger partial charge in [0, 0.05) is 43.3 Å². The fourth-order valence-electron chi connectivity index (χ4n) is 4.33. The van der Waals surface area contributed by atoms with Crippen LogP contribution in [0, 0.1) is 29.1 Å². The summed E-state index contributed by atoms with van der Waals surface area (Å²) in [6.07, 6.45) is 4.01. The molecule has 0 bridgehead atoms. The van der Waals surface area contributed by atoms with Gasteiger partial charge < -0.3 is 14.4 Å². The SMILES string of the molecule is C[C@@](CCN1Cc2cc(C#CC#CC3(COC(=O)CN4CCOCC4)CC3)cn2C1=O)(C(=O)NO)S(C)(=O)=O. The highest BCUT2D eigenvalue weighted by Gasteiger charge is 2.44. The van der Waals surface area contributed by atoms with Gasteiger partial charge in [-0.3, -0.25) is 24.3 Å². The van der Waals surface area contributed by atoms with E-state index in [4.69, 9.17) is 14.7 Å². The fraction of sp³-hybridized carbons (Fsp3) is 0.577. The minimum atomic E-state index is -3.86. The second kappa shape index (κ2) is 11.4. The van der Waals surface area contributed by atoms with Crippen LogP contribution < -0.4 is 5.48 Å². The number of amides is 2. The lowest BCUT2D eigenvalue weighted by atomic mass is 10.1. The van der Waals surface area contributed by atoms with Gasteiger partial charge in [0.15, 0.2) is 14.6 Å². The highest BCUT2D eigenvalue weighted by Crippen LogP contribution is 2.45. The third kappa shape index (κ3) is 6.62. The Bertz CT molecular complexity index is 1370. The number of esters is 1. The van der Waals surface area contributed by atoms with Crippen LogP contribution >= 0.6 is 0 Å².